The van der Waals surface area contributed by atoms with Crippen molar-refractivity contribution in [1.82, 2.24) is 0 Å². The first-order chi connectivity index (χ1) is 7.07. The Hall–Kier alpha value is -0.640. The summed E-state index contributed by atoms with van der Waals surface area (Å²) < 4.78 is 26.4. The first kappa shape index (κ1) is 15.4. The molecule has 0 unspecified atom stereocenters. The molecule has 1 rings (SSSR count). The van der Waals surface area contributed by atoms with Gasteiger partial charge >= 0.3 is 0 Å². The zero-order valence-electron chi connectivity index (χ0n) is 8.55. The van der Waals surface area contributed by atoms with Crippen LogP contribution in [-0.2, 0) is 0 Å². The van der Waals surface area contributed by atoms with E-state index in [1.54, 1.807) is 6.08 Å². The largest absolute Gasteiger partial charge is 0.324 e. The van der Waals surface area contributed by atoms with Crippen LogP contribution in [0.5, 0.6) is 0 Å². The van der Waals surface area contributed by atoms with Crippen LogP contribution in [-0.4, -0.2) is 0 Å². The summed E-state index contributed by atoms with van der Waals surface area (Å²) in [5.41, 5.74) is 5.75. The predicted octanol–water partition coefficient (Wildman–Crippen LogP) is 4.01. The van der Waals surface area contributed by atoms with Gasteiger partial charge in [0.1, 0.15) is 11.6 Å². The smallest absolute Gasteiger partial charge is 0.142 e. The molecule has 0 fully saturated rings. The van der Waals surface area contributed by atoms with E-state index in [0.29, 0.717) is 12.8 Å². The average Bonchev–Trinajstić information content (AvgIpc) is 2.21. The van der Waals surface area contributed by atoms with Crippen LogP contribution in [0.25, 0.3) is 0 Å². The lowest BCUT2D eigenvalue weighted by molar-refractivity contribution is 0.550. The standard InChI is InChI=1S/C11H12ClF2N.ClH/c1-2-3-4-9(15)10-7(13)5-6-8(14)11(10)12;/h2,5-6,9H,1,3-4,15H2;1H/t9-;/m0./s1. The zero-order chi connectivity index (χ0) is 11.4. The molecule has 0 saturated carbocycles. The Morgan fingerprint density at radius 3 is 2.50 bits per heavy atom. The van der Waals surface area contributed by atoms with Crippen LogP contribution < -0.4 is 5.73 Å². The topological polar surface area (TPSA) is 26.0 Å². The lowest BCUT2D eigenvalue weighted by atomic mass is 10.0. The Morgan fingerprint density at radius 1 is 1.38 bits per heavy atom. The molecule has 0 aliphatic carbocycles. The number of benzene rings is 1. The molecule has 0 aliphatic rings. The van der Waals surface area contributed by atoms with Gasteiger partial charge in [0.2, 0.25) is 0 Å². The number of allylic oxidation sites excluding steroid dienone is 1. The second-order valence-corrected chi connectivity index (χ2v) is 3.61. The maximum Gasteiger partial charge on any atom is 0.142 e. The van der Waals surface area contributed by atoms with Crippen LogP contribution in [0.15, 0.2) is 24.8 Å². The van der Waals surface area contributed by atoms with E-state index in [0.717, 1.165) is 12.1 Å². The molecule has 90 valence electrons. The van der Waals surface area contributed by atoms with E-state index in [4.69, 9.17) is 17.3 Å². The minimum absolute atomic E-state index is 0. The van der Waals surface area contributed by atoms with Gasteiger partial charge in [-0.2, -0.15) is 0 Å². The average molecular weight is 268 g/mol. The highest BCUT2D eigenvalue weighted by molar-refractivity contribution is 6.31. The molecule has 1 nitrogen and oxygen atoms in total. The summed E-state index contributed by atoms with van der Waals surface area (Å²) in [7, 11) is 0. The van der Waals surface area contributed by atoms with Gasteiger partial charge in [0.25, 0.3) is 0 Å². The molecular formula is C11H13Cl2F2N. The van der Waals surface area contributed by atoms with Crippen molar-refractivity contribution in [1.29, 1.82) is 0 Å². The summed E-state index contributed by atoms with van der Waals surface area (Å²) in [6, 6.07) is 1.41. The Labute approximate surface area is 105 Å². The monoisotopic (exact) mass is 267 g/mol. The summed E-state index contributed by atoms with van der Waals surface area (Å²) in [5, 5.41) is -0.230. The highest BCUT2D eigenvalue weighted by Gasteiger charge is 2.17. The maximum absolute atomic E-state index is 13.4. The lowest BCUT2D eigenvalue weighted by Crippen LogP contribution is -2.13. The molecule has 0 amide bonds. The Bertz CT molecular complexity index is 369. The molecule has 0 saturated heterocycles. The minimum Gasteiger partial charge on any atom is -0.324 e. The fourth-order valence-corrected chi connectivity index (χ4v) is 1.62. The van der Waals surface area contributed by atoms with Crippen molar-refractivity contribution < 1.29 is 8.78 Å². The Balaban J connectivity index is 0.00000225. The van der Waals surface area contributed by atoms with Crippen LogP contribution in [0.1, 0.15) is 24.4 Å². The van der Waals surface area contributed by atoms with E-state index in [1.165, 1.54) is 0 Å². The minimum atomic E-state index is -0.651. The fourth-order valence-electron chi connectivity index (χ4n) is 1.32. The van der Waals surface area contributed by atoms with E-state index >= 15 is 0 Å². The number of rotatable bonds is 4. The summed E-state index contributed by atoms with van der Waals surface area (Å²) in [6.07, 6.45) is 2.79. The zero-order valence-corrected chi connectivity index (χ0v) is 10.1. The van der Waals surface area contributed by atoms with Gasteiger partial charge in [-0.1, -0.05) is 17.7 Å². The van der Waals surface area contributed by atoms with Crippen LogP contribution in [0.4, 0.5) is 8.78 Å². The second-order valence-electron chi connectivity index (χ2n) is 3.23. The van der Waals surface area contributed by atoms with Gasteiger partial charge in [0.15, 0.2) is 0 Å². The van der Waals surface area contributed by atoms with Crippen molar-refractivity contribution in [2.45, 2.75) is 18.9 Å². The number of hydrogen-bond acceptors (Lipinski definition) is 1. The summed E-state index contributed by atoms with van der Waals surface area (Å²) in [5.74, 6) is -1.22. The fraction of sp³-hybridized carbons (Fsp3) is 0.273. The van der Waals surface area contributed by atoms with Crippen molar-refractivity contribution in [3.05, 3.63) is 47.0 Å². The second kappa shape index (κ2) is 6.84. The van der Waals surface area contributed by atoms with Crippen LogP contribution in [0.2, 0.25) is 5.02 Å². The third-order valence-corrected chi connectivity index (χ3v) is 2.52. The molecule has 0 radical (unpaired) electrons. The summed E-state index contributed by atoms with van der Waals surface area (Å²) in [6.45, 7) is 3.53. The lowest BCUT2D eigenvalue weighted by Gasteiger charge is -2.13. The van der Waals surface area contributed by atoms with E-state index in [9.17, 15) is 8.78 Å². The first-order valence-electron chi connectivity index (χ1n) is 4.57. The molecule has 0 heterocycles. The molecule has 5 heteroatoms. The molecule has 1 aromatic rings. The van der Waals surface area contributed by atoms with E-state index in [-0.39, 0.29) is 23.0 Å². The maximum atomic E-state index is 13.4. The Morgan fingerprint density at radius 2 is 1.94 bits per heavy atom. The van der Waals surface area contributed by atoms with Crippen molar-refractivity contribution in [3.63, 3.8) is 0 Å². The van der Waals surface area contributed by atoms with Gasteiger partial charge < -0.3 is 5.73 Å². The number of nitrogens with two attached hydrogens (primary N) is 1. The van der Waals surface area contributed by atoms with Gasteiger partial charge in [-0.05, 0) is 25.0 Å². The molecule has 0 aromatic heterocycles. The predicted molar refractivity (Wildman–Crippen MR) is 65.0 cm³/mol. The summed E-state index contributed by atoms with van der Waals surface area (Å²) in [4.78, 5) is 0. The van der Waals surface area contributed by atoms with E-state index in [1.807, 2.05) is 0 Å². The van der Waals surface area contributed by atoms with Gasteiger partial charge in [-0.15, -0.1) is 19.0 Å². The number of halogens is 4. The third kappa shape index (κ3) is 3.44. The molecule has 1 atom stereocenters. The highest BCUT2D eigenvalue weighted by Crippen LogP contribution is 2.29. The van der Waals surface area contributed by atoms with Gasteiger partial charge in [0.05, 0.1) is 5.02 Å². The molecule has 16 heavy (non-hydrogen) atoms. The van der Waals surface area contributed by atoms with Crippen LogP contribution >= 0.6 is 24.0 Å². The van der Waals surface area contributed by atoms with Crippen LogP contribution in [0.3, 0.4) is 0 Å². The van der Waals surface area contributed by atoms with Gasteiger partial charge in [0, 0.05) is 11.6 Å². The van der Waals surface area contributed by atoms with E-state index < -0.39 is 17.7 Å². The summed E-state index contributed by atoms with van der Waals surface area (Å²) >= 11 is 5.65. The van der Waals surface area contributed by atoms with Crippen molar-refractivity contribution in [2.75, 3.05) is 0 Å². The molecule has 2 N–H and O–H groups in total. The Kier molecular flexibility index (Phi) is 6.56. The highest BCUT2D eigenvalue weighted by atomic mass is 35.5. The molecule has 0 spiro atoms. The van der Waals surface area contributed by atoms with Gasteiger partial charge in [-0.3, -0.25) is 0 Å². The molecule has 1 aromatic carbocycles. The van der Waals surface area contributed by atoms with Crippen molar-refractivity contribution in [2.24, 2.45) is 5.73 Å². The van der Waals surface area contributed by atoms with Gasteiger partial charge in [-0.25, -0.2) is 8.78 Å². The first-order valence-corrected chi connectivity index (χ1v) is 4.95. The van der Waals surface area contributed by atoms with Crippen LogP contribution in [0, 0.1) is 11.6 Å². The normalized spacial score (nSPS) is 11.8. The van der Waals surface area contributed by atoms with E-state index in [2.05, 4.69) is 6.58 Å². The van der Waals surface area contributed by atoms with Crippen molar-refractivity contribution >= 4 is 24.0 Å². The third-order valence-electron chi connectivity index (χ3n) is 2.13. The quantitative estimate of drug-likeness (QED) is 0.648. The number of hydrogen-bond donors (Lipinski definition) is 1. The molecule has 0 bridgehead atoms. The van der Waals surface area contributed by atoms with Crippen molar-refractivity contribution in [3.8, 4) is 0 Å². The SMILES string of the molecule is C=CCC[C@H](N)c1c(F)ccc(F)c1Cl.Cl. The molecular weight excluding hydrogens is 255 g/mol. The molecule has 0 aliphatic heterocycles.